The zero-order valence-corrected chi connectivity index (χ0v) is 14.5. The third kappa shape index (κ3) is 3.02. The zero-order valence-electron chi connectivity index (χ0n) is 14.5. The van der Waals surface area contributed by atoms with Gasteiger partial charge in [-0.15, -0.1) is 0 Å². The summed E-state index contributed by atoms with van der Waals surface area (Å²) in [5.41, 5.74) is 4.63. The zero-order chi connectivity index (χ0) is 17.2. The Morgan fingerprint density at radius 2 is 1.76 bits per heavy atom. The van der Waals surface area contributed by atoms with Gasteiger partial charge in [-0.05, 0) is 38.3 Å². The molecule has 0 saturated carbocycles. The highest BCUT2D eigenvalue weighted by atomic mass is 16.1. The number of ketones is 1. The number of aryl methyl sites for hydroxylation is 1. The van der Waals surface area contributed by atoms with Gasteiger partial charge < -0.3 is 4.90 Å². The smallest absolute Gasteiger partial charge is 0.196 e. The summed E-state index contributed by atoms with van der Waals surface area (Å²) >= 11 is 0. The Balaban J connectivity index is 1.92. The van der Waals surface area contributed by atoms with E-state index in [1.54, 1.807) is 6.20 Å². The van der Waals surface area contributed by atoms with Gasteiger partial charge in [0.25, 0.3) is 0 Å². The topological polar surface area (TPSA) is 33.2 Å². The Labute approximate surface area is 148 Å². The van der Waals surface area contributed by atoms with Gasteiger partial charge in [0.05, 0.1) is 16.8 Å². The third-order valence-corrected chi connectivity index (χ3v) is 4.95. The Hall–Kier alpha value is -2.68. The molecule has 2 aromatic carbocycles. The highest BCUT2D eigenvalue weighted by molar-refractivity contribution is 6.16. The number of benzene rings is 2. The molecule has 1 saturated heterocycles. The SMILES string of the molecule is Cc1ccc2ncc(C(=O)c3ccccc3)c(N3CCCCC3)c2c1. The molecule has 1 aliphatic rings. The van der Waals surface area contributed by atoms with Gasteiger partial charge in [0, 0.05) is 30.2 Å². The predicted molar refractivity (Wildman–Crippen MR) is 102 cm³/mol. The monoisotopic (exact) mass is 330 g/mol. The fourth-order valence-electron chi connectivity index (χ4n) is 3.66. The van der Waals surface area contributed by atoms with Gasteiger partial charge in [-0.3, -0.25) is 9.78 Å². The minimum absolute atomic E-state index is 0.0529. The van der Waals surface area contributed by atoms with Crippen LogP contribution in [0.5, 0.6) is 0 Å². The summed E-state index contributed by atoms with van der Waals surface area (Å²) in [7, 11) is 0. The maximum absolute atomic E-state index is 13.2. The molecule has 3 nitrogen and oxygen atoms in total. The van der Waals surface area contributed by atoms with E-state index >= 15 is 0 Å². The number of anilines is 1. The van der Waals surface area contributed by atoms with E-state index in [0.29, 0.717) is 5.56 Å². The molecule has 0 atom stereocenters. The molecule has 25 heavy (non-hydrogen) atoms. The third-order valence-electron chi connectivity index (χ3n) is 4.95. The van der Waals surface area contributed by atoms with Gasteiger partial charge in [0.15, 0.2) is 5.78 Å². The van der Waals surface area contributed by atoms with Crippen molar-refractivity contribution in [3.63, 3.8) is 0 Å². The first-order valence-electron chi connectivity index (χ1n) is 8.98. The van der Waals surface area contributed by atoms with Gasteiger partial charge in [0.1, 0.15) is 0 Å². The van der Waals surface area contributed by atoms with Crippen molar-refractivity contribution in [3.05, 3.63) is 71.4 Å². The maximum Gasteiger partial charge on any atom is 0.196 e. The van der Waals surface area contributed by atoms with Crippen LogP contribution in [0.15, 0.2) is 54.7 Å². The summed E-state index contributed by atoms with van der Waals surface area (Å²) in [6.07, 6.45) is 5.38. The summed E-state index contributed by atoms with van der Waals surface area (Å²) in [6.45, 7) is 4.09. The normalized spacial score (nSPS) is 14.7. The van der Waals surface area contributed by atoms with Gasteiger partial charge in [0.2, 0.25) is 0 Å². The largest absolute Gasteiger partial charge is 0.370 e. The number of hydrogen-bond acceptors (Lipinski definition) is 3. The van der Waals surface area contributed by atoms with Crippen molar-refractivity contribution in [3.8, 4) is 0 Å². The lowest BCUT2D eigenvalue weighted by Gasteiger charge is -2.31. The lowest BCUT2D eigenvalue weighted by molar-refractivity contribution is 0.103. The number of fused-ring (bicyclic) bond motifs is 1. The molecule has 0 amide bonds. The van der Waals surface area contributed by atoms with Crippen LogP contribution >= 0.6 is 0 Å². The number of aromatic nitrogens is 1. The van der Waals surface area contributed by atoms with Crippen LogP contribution in [0, 0.1) is 6.92 Å². The van der Waals surface area contributed by atoms with Crippen LogP contribution in [-0.2, 0) is 0 Å². The number of hydrogen-bond donors (Lipinski definition) is 0. The van der Waals surface area contributed by atoms with E-state index < -0.39 is 0 Å². The molecule has 0 N–H and O–H groups in total. The molecule has 4 rings (SSSR count). The van der Waals surface area contributed by atoms with Crippen molar-refractivity contribution in [2.24, 2.45) is 0 Å². The molecule has 1 aliphatic heterocycles. The van der Waals surface area contributed by atoms with Crippen LogP contribution in [0.4, 0.5) is 5.69 Å². The summed E-state index contributed by atoms with van der Waals surface area (Å²) < 4.78 is 0. The quantitative estimate of drug-likeness (QED) is 0.649. The van der Waals surface area contributed by atoms with Gasteiger partial charge in [-0.1, -0.05) is 42.0 Å². The molecule has 1 aromatic heterocycles. The molecule has 2 heterocycles. The molecule has 0 radical (unpaired) electrons. The van der Waals surface area contributed by atoms with Crippen molar-refractivity contribution < 1.29 is 4.79 Å². The highest BCUT2D eigenvalue weighted by Crippen LogP contribution is 2.33. The Morgan fingerprint density at radius 3 is 2.52 bits per heavy atom. The molecule has 0 aliphatic carbocycles. The first-order valence-corrected chi connectivity index (χ1v) is 8.98. The molecule has 126 valence electrons. The Bertz CT molecular complexity index is 912. The van der Waals surface area contributed by atoms with Crippen molar-refractivity contribution in [2.45, 2.75) is 26.2 Å². The number of pyridine rings is 1. The summed E-state index contributed by atoms with van der Waals surface area (Å²) in [5.74, 6) is 0.0529. The molecule has 3 heteroatoms. The van der Waals surface area contributed by atoms with Crippen molar-refractivity contribution in [2.75, 3.05) is 18.0 Å². The average molecular weight is 330 g/mol. The lowest BCUT2D eigenvalue weighted by atomic mass is 9.98. The fraction of sp³-hybridized carbons (Fsp3) is 0.273. The molecule has 1 fully saturated rings. The summed E-state index contributed by atoms with van der Waals surface area (Å²) in [6, 6.07) is 15.8. The lowest BCUT2D eigenvalue weighted by Crippen LogP contribution is -2.31. The average Bonchev–Trinajstić information content (AvgIpc) is 2.68. The summed E-state index contributed by atoms with van der Waals surface area (Å²) in [4.78, 5) is 20.1. The molecule has 3 aromatic rings. The first-order chi connectivity index (χ1) is 12.2. The van der Waals surface area contributed by atoms with Crippen LogP contribution in [-0.4, -0.2) is 23.9 Å². The number of carbonyl (C=O) groups is 1. The number of carbonyl (C=O) groups excluding carboxylic acids is 1. The highest BCUT2D eigenvalue weighted by Gasteiger charge is 2.22. The van der Waals surface area contributed by atoms with E-state index in [-0.39, 0.29) is 5.78 Å². The molecule has 0 spiro atoms. The number of piperidine rings is 1. The second kappa shape index (κ2) is 6.67. The van der Waals surface area contributed by atoms with E-state index in [1.165, 1.54) is 24.8 Å². The Morgan fingerprint density at radius 1 is 1.00 bits per heavy atom. The number of rotatable bonds is 3. The molecule has 0 unspecified atom stereocenters. The molecule has 0 bridgehead atoms. The Kier molecular flexibility index (Phi) is 4.22. The summed E-state index contributed by atoms with van der Waals surface area (Å²) in [5, 5.41) is 1.09. The van der Waals surface area contributed by atoms with Crippen LogP contribution in [0.25, 0.3) is 10.9 Å². The van der Waals surface area contributed by atoms with Gasteiger partial charge in [-0.25, -0.2) is 0 Å². The number of nitrogens with zero attached hydrogens (tertiary/aromatic N) is 2. The van der Waals surface area contributed by atoms with Gasteiger partial charge in [-0.2, -0.15) is 0 Å². The van der Waals surface area contributed by atoms with Crippen LogP contribution < -0.4 is 4.90 Å². The molecular formula is C22H22N2O. The predicted octanol–water partition coefficient (Wildman–Crippen LogP) is 4.76. The van der Waals surface area contributed by atoms with Crippen molar-refractivity contribution in [1.29, 1.82) is 0 Å². The van der Waals surface area contributed by atoms with E-state index in [1.807, 2.05) is 30.3 Å². The van der Waals surface area contributed by atoms with E-state index in [0.717, 1.165) is 35.2 Å². The van der Waals surface area contributed by atoms with Crippen molar-refractivity contribution >= 4 is 22.4 Å². The van der Waals surface area contributed by atoms with Crippen LogP contribution in [0.1, 0.15) is 40.7 Å². The molecular weight excluding hydrogens is 308 g/mol. The first kappa shape index (κ1) is 15.8. The van der Waals surface area contributed by atoms with Gasteiger partial charge >= 0.3 is 0 Å². The van der Waals surface area contributed by atoms with Crippen LogP contribution in [0.2, 0.25) is 0 Å². The maximum atomic E-state index is 13.2. The van der Waals surface area contributed by atoms with E-state index in [4.69, 9.17) is 0 Å². The minimum atomic E-state index is 0.0529. The fourth-order valence-corrected chi connectivity index (χ4v) is 3.66. The second-order valence-corrected chi connectivity index (χ2v) is 6.78. The standard InChI is InChI=1S/C22H22N2O/c1-16-10-11-20-18(14-16)21(24-12-6-3-7-13-24)19(15-23-20)22(25)17-8-4-2-5-9-17/h2,4-5,8-11,14-15H,3,6-7,12-13H2,1H3. The van der Waals surface area contributed by atoms with E-state index in [2.05, 4.69) is 35.0 Å². The van der Waals surface area contributed by atoms with Crippen molar-refractivity contribution in [1.82, 2.24) is 4.98 Å². The van der Waals surface area contributed by atoms with Crippen LogP contribution in [0.3, 0.4) is 0 Å². The van der Waals surface area contributed by atoms with E-state index in [9.17, 15) is 4.79 Å². The minimum Gasteiger partial charge on any atom is -0.370 e. The second-order valence-electron chi connectivity index (χ2n) is 6.78.